The van der Waals surface area contributed by atoms with Crippen LogP contribution >= 0.6 is 36.4 Å². The first kappa shape index (κ1) is 24.4. The number of rotatable bonds is 5. The number of carbonyl (C=O) groups is 1. The summed E-state index contributed by atoms with van der Waals surface area (Å²) in [6.45, 7) is 3.44. The molecule has 0 aliphatic carbocycles. The molecule has 1 unspecified atom stereocenters. The van der Waals surface area contributed by atoms with Crippen molar-refractivity contribution < 1.29 is 4.79 Å². The van der Waals surface area contributed by atoms with Crippen LogP contribution in [0.1, 0.15) is 11.6 Å². The molecular formula is C22H25Cl3N4O. The first-order valence-electron chi connectivity index (χ1n) is 9.45. The molecule has 1 saturated heterocycles. The van der Waals surface area contributed by atoms with E-state index in [-0.39, 0.29) is 30.9 Å². The van der Waals surface area contributed by atoms with E-state index in [1.54, 1.807) is 0 Å². The summed E-state index contributed by atoms with van der Waals surface area (Å²) in [4.78, 5) is 20.3. The maximum Gasteiger partial charge on any atom is 0.138 e. The zero-order chi connectivity index (χ0) is 19.5. The lowest BCUT2D eigenvalue weighted by molar-refractivity contribution is -0.110. The van der Waals surface area contributed by atoms with Gasteiger partial charge in [0.1, 0.15) is 6.29 Å². The fourth-order valence-electron chi connectivity index (χ4n) is 3.94. The minimum absolute atomic E-state index is 0. The van der Waals surface area contributed by atoms with Crippen LogP contribution in [0.25, 0.3) is 10.8 Å². The van der Waals surface area contributed by atoms with Gasteiger partial charge in [0.2, 0.25) is 0 Å². The minimum atomic E-state index is -0.569. The maximum atomic E-state index is 11.4. The molecule has 30 heavy (non-hydrogen) atoms. The Kier molecular flexibility index (Phi) is 8.89. The number of nitrogens with two attached hydrogens (primary N) is 1. The predicted molar refractivity (Wildman–Crippen MR) is 128 cm³/mol. The summed E-state index contributed by atoms with van der Waals surface area (Å²) in [6, 6.07) is 15.4. The van der Waals surface area contributed by atoms with Gasteiger partial charge in [0.25, 0.3) is 0 Å². The molecule has 1 aromatic heterocycles. The second-order valence-electron chi connectivity index (χ2n) is 7.14. The Bertz CT molecular complexity index is 962. The van der Waals surface area contributed by atoms with Crippen LogP contribution in [0, 0.1) is 0 Å². The molecule has 2 heterocycles. The summed E-state index contributed by atoms with van der Waals surface area (Å²) in [6.07, 6.45) is 4.54. The molecule has 0 amide bonds. The average Bonchev–Trinajstić information content (AvgIpc) is 2.75. The lowest BCUT2D eigenvalue weighted by atomic mass is 9.98. The van der Waals surface area contributed by atoms with Gasteiger partial charge in [0.05, 0.1) is 12.1 Å². The third-order valence-electron chi connectivity index (χ3n) is 5.43. The number of anilines is 1. The molecule has 1 aliphatic heterocycles. The summed E-state index contributed by atoms with van der Waals surface area (Å²) in [7, 11) is 0. The van der Waals surface area contributed by atoms with Crippen molar-refractivity contribution in [1.29, 1.82) is 0 Å². The first-order valence-corrected chi connectivity index (χ1v) is 9.82. The number of fused-ring (bicyclic) bond motifs is 1. The van der Waals surface area contributed by atoms with E-state index in [2.05, 4.69) is 33.0 Å². The number of pyridine rings is 1. The number of piperazine rings is 1. The molecular weight excluding hydrogens is 443 g/mol. The Morgan fingerprint density at radius 2 is 1.67 bits per heavy atom. The summed E-state index contributed by atoms with van der Waals surface area (Å²) in [5, 5.41) is 3.01. The van der Waals surface area contributed by atoms with E-state index in [4.69, 9.17) is 17.3 Å². The van der Waals surface area contributed by atoms with Gasteiger partial charge in [0, 0.05) is 54.7 Å². The van der Waals surface area contributed by atoms with E-state index in [9.17, 15) is 4.79 Å². The molecule has 1 fully saturated rings. The summed E-state index contributed by atoms with van der Waals surface area (Å²) >= 11 is 6.02. The Labute approximate surface area is 194 Å². The van der Waals surface area contributed by atoms with E-state index in [1.807, 2.05) is 42.7 Å². The minimum Gasteiger partial charge on any atom is -0.369 e. The largest absolute Gasteiger partial charge is 0.369 e. The van der Waals surface area contributed by atoms with Crippen molar-refractivity contribution in [2.45, 2.75) is 12.1 Å². The third kappa shape index (κ3) is 5.23. The molecule has 0 bridgehead atoms. The zero-order valence-corrected chi connectivity index (χ0v) is 18.7. The van der Waals surface area contributed by atoms with Crippen LogP contribution in [0.4, 0.5) is 5.69 Å². The highest BCUT2D eigenvalue weighted by Crippen LogP contribution is 2.28. The number of halogens is 3. The molecule has 1 aliphatic rings. The normalized spacial score (nSPS) is 16.3. The molecule has 160 valence electrons. The second-order valence-corrected chi connectivity index (χ2v) is 7.58. The van der Waals surface area contributed by atoms with Crippen molar-refractivity contribution >= 4 is 59.2 Å². The Balaban J connectivity index is 0.00000160. The summed E-state index contributed by atoms with van der Waals surface area (Å²) < 4.78 is 0. The van der Waals surface area contributed by atoms with Crippen LogP contribution < -0.4 is 10.6 Å². The molecule has 8 heteroatoms. The number of aromatic nitrogens is 1. The smallest absolute Gasteiger partial charge is 0.138 e. The van der Waals surface area contributed by atoms with Crippen molar-refractivity contribution in [3.8, 4) is 0 Å². The number of hydrogen-bond acceptors (Lipinski definition) is 5. The van der Waals surface area contributed by atoms with Gasteiger partial charge in [-0.25, -0.2) is 0 Å². The quantitative estimate of drug-likeness (QED) is 0.572. The van der Waals surface area contributed by atoms with E-state index >= 15 is 0 Å². The fourth-order valence-corrected chi connectivity index (χ4v) is 4.06. The monoisotopic (exact) mass is 466 g/mol. The molecule has 2 aromatic carbocycles. The van der Waals surface area contributed by atoms with Crippen LogP contribution in [0.5, 0.6) is 0 Å². The average molecular weight is 468 g/mol. The van der Waals surface area contributed by atoms with Gasteiger partial charge in [-0.3, -0.25) is 9.88 Å². The first-order chi connectivity index (χ1) is 13.7. The highest BCUT2D eigenvalue weighted by molar-refractivity contribution is 6.30. The Morgan fingerprint density at radius 1 is 0.967 bits per heavy atom. The SMILES string of the molecule is Cl.Cl.N[C@@H](C=O)C(c1ccc(Cl)cc1)N1CCN(c2ccc3cnccc3c2)CC1. The molecule has 2 N–H and O–H groups in total. The molecule has 0 saturated carbocycles. The Hall–Kier alpha value is -1.89. The predicted octanol–water partition coefficient (Wildman–Crippen LogP) is 4.12. The van der Waals surface area contributed by atoms with Crippen LogP contribution in [0.3, 0.4) is 0 Å². The standard InChI is InChI=1S/C22H23ClN4O.2ClH/c23-19-4-1-16(2-5-19)22(21(24)15-28)27-11-9-26(10-12-27)20-6-3-18-14-25-8-7-17(18)13-20;;/h1-8,13-15,21-22H,9-12,24H2;2*1H/t21-,22?;;/m0../s1. The highest BCUT2D eigenvalue weighted by atomic mass is 35.5. The van der Waals surface area contributed by atoms with Crippen LogP contribution in [0.15, 0.2) is 60.9 Å². The number of nitrogens with zero attached hydrogens (tertiary/aromatic N) is 3. The van der Waals surface area contributed by atoms with Crippen molar-refractivity contribution in [1.82, 2.24) is 9.88 Å². The molecule has 0 radical (unpaired) electrons. The van der Waals surface area contributed by atoms with Gasteiger partial charge in [-0.05, 0) is 41.3 Å². The summed E-state index contributed by atoms with van der Waals surface area (Å²) in [5.74, 6) is 0. The van der Waals surface area contributed by atoms with Crippen LogP contribution in [-0.4, -0.2) is 48.4 Å². The number of aldehydes is 1. The van der Waals surface area contributed by atoms with Gasteiger partial charge in [0.15, 0.2) is 0 Å². The number of carbonyl (C=O) groups excluding carboxylic acids is 1. The number of hydrogen-bond donors (Lipinski definition) is 1. The molecule has 4 rings (SSSR count). The van der Waals surface area contributed by atoms with Crippen molar-refractivity contribution in [2.24, 2.45) is 5.73 Å². The van der Waals surface area contributed by atoms with E-state index in [0.29, 0.717) is 5.02 Å². The highest BCUT2D eigenvalue weighted by Gasteiger charge is 2.29. The zero-order valence-electron chi connectivity index (χ0n) is 16.4. The third-order valence-corrected chi connectivity index (χ3v) is 5.68. The summed E-state index contributed by atoms with van der Waals surface area (Å²) in [5.41, 5.74) is 8.40. The second kappa shape index (κ2) is 10.9. The number of benzene rings is 2. The maximum absolute atomic E-state index is 11.4. The van der Waals surface area contributed by atoms with Crippen LogP contribution in [0.2, 0.25) is 5.02 Å². The van der Waals surface area contributed by atoms with Gasteiger partial charge < -0.3 is 15.4 Å². The molecule has 2 atom stereocenters. The van der Waals surface area contributed by atoms with Crippen LogP contribution in [-0.2, 0) is 4.79 Å². The lowest BCUT2D eigenvalue weighted by Crippen LogP contribution is -2.51. The van der Waals surface area contributed by atoms with Gasteiger partial charge in [-0.15, -0.1) is 24.8 Å². The van der Waals surface area contributed by atoms with E-state index in [0.717, 1.165) is 43.4 Å². The van der Waals surface area contributed by atoms with Gasteiger partial charge >= 0.3 is 0 Å². The molecule has 5 nitrogen and oxygen atoms in total. The molecule has 3 aromatic rings. The van der Waals surface area contributed by atoms with Crippen molar-refractivity contribution in [3.63, 3.8) is 0 Å². The fraction of sp³-hybridized carbons (Fsp3) is 0.273. The van der Waals surface area contributed by atoms with Crippen molar-refractivity contribution in [3.05, 3.63) is 71.5 Å². The van der Waals surface area contributed by atoms with E-state index < -0.39 is 6.04 Å². The van der Waals surface area contributed by atoms with E-state index in [1.165, 1.54) is 11.1 Å². The van der Waals surface area contributed by atoms with Gasteiger partial charge in [-0.1, -0.05) is 29.8 Å². The van der Waals surface area contributed by atoms with Gasteiger partial charge in [-0.2, -0.15) is 0 Å². The lowest BCUT2D eigenvalue weighted by Gasteiger charge is -2.41. The molecule has 0 spiro atoms. The van der Waals surface area contributed by atoms with Crippen molar-refractivity contribution in [2.75, 3.05) is 31.1 Å². The Morgan fingerprint density at radius 3 is 2.33 bits per heavy atom. The topological polar surface area (TPSA) is 62.5 Å².